The van der Waals surface area contributed by atoms with E-state index in [1.54, 1.807) is 0 Å². The van der Waals surface area contributed by atoms with Crippen LogP contribution in [0.25, 0.3) is 0 Å². The first-order chi connectivity index (χ1) is 41.0. The normalized spacial score (nSPS) is 12.7. The summed E-state index contributed by atoms with van der Waals surface area (Å²) in [6.45, 7) is 6.54. The van der Waals surface area contributed by atoms with E-state index in [1.165, 1.54) is 199 Å². The van der Waals surface area contributed by atoms with Crippen LogP contribution in [0.4, 0.5) is 0 Å². The summed E-state index contributed by atoms with van der Waals surface area (Å²) in [6, 6.07) is 0. The maximum Gasteiger partial charge on any atom is 0.306 e. The number of carbonyl (C=O) groups excluding carboxylic acids is 3. The summed E-state index contributed by atoms with van der Waals surface area (Å²) < 4.78 is 17.0. The summed E-state index contributed by atoms with van der Waals surface area (Å²) >= 11 is 0. The van der Waals surface area contributed by atoms with Crippen LogP contribution >= 0.6 is 0 Å². The van der Waals surface area contributed by atoms with Crippen molar-refractivity contribution in [2.24, 2.45) is 0 Å². The Labute approximate surface area is 515 Å². The van der Waals surface area contributed by atoms with E-state index in [4.69, 9.17) is 14.2 Å². The van der Waals surface area contributed by atoms with E-state index >= 15 is 0 Å². The van der Waals surface area contributed by atoms with Crippen LogP contribution in [0.5, 0.6) is 0 Å². The molecule has 0 saturated carbocycles. The van der Waals surface area contributed by atoms with Gasteiger partial charge in [0.15, 0.2) is 6.10 Å². The first-order valence-corrected chi connectivity index (χ1v) is 35.7. The Kier molecular flexibility index (Phi) is 67.7. The highest BCUT2D eigenvalue weighted by atomic mass is 16.6. The minimum atomic E-state index is -0.784. The number of esters is 3. The van der Waals surface area contributed by atoms with Gasteiger partial charge < -0.3 is 14.2 Å². The number of rotatable bonds is 65. The molecule has 0 heterocycles. The molecule has 0 rings (SSSR count). The van der Waals surface area contributed by atoms with Crippen LogP contribution in [-0.4, -0.2) is 37.2 Å². The largest absolute Gasteiger partial charge is 0.462 e. The smallest absolute Gasteiger partial charge is 0.306 e. The number of ether oxygens (including phenoxy) is 3. The van der Waals surface area contributed by atoms with E-state index in [1.807, 2.05) is 0 Å². The zero-order chi connectivity index (χ0) is 59.9. The Morgan fingerprint density at radius 1 is 0.253 bits per heavy atom. The van der Waals surface area contributed by atoms with Crippen LogP contribution in [0.1, 0.15) is 355 Å². The van der Waals surface area contributed by atoms with Crippen molar-refractivity contribution < 1.29 is 28.6 Å². The van der Waals surface area contributed by atoms with Crippen molar-refractivity contribution in [2.75, 3.05) is 13.2 Å². The maximum absolute atomic E-state index is 12.9. The lowest BCUT2D eigenvalue weighted by molar-refractivity contribution is -0.167. The van der Waals surface area contributed by atoms with Crippen LogP contribution in [0.3, 0.4) is 0 Å². The van der Waals surface area contributed by atoms with Crippen LogP contribution in [-0.2, 0) is 28.6 Å². The molecule has 0 N–H and O–H groups in total. The van der Waals surface area contributed by atoms with Gasteiger partial charge >= 0.3 is 17.9 Å². The second-order valence-corrected chi connectivity index (χ2v) is 23.8. The predicted octanol–water partition coefficient (Wildman–Crippen LogP) is 24.8. The second-order valence-electron chi connectivity index (χ2n) is 23.8. The molecule has 0 aliphatic rings. The summed E-state index contributed by atoms with van der Waals surface area (Å²) in [5.74, 6) is -0.872. The fraction of sp³-hybridized carbons (Fsp3) is 0.753. The summed E-state index contributed by atoms with van der Waals surface area (Å²) in [4.78, 5) is 38.5. The molecule has 0 aromatic rings. The van der Waals surface area contributed by atoms with Gasteiger partial charge in [-0.1, -0.05) is 330 Å². The van der Waals surface area contributed by atoms with Gasteiger partial charge in [0.05, 0.1) is 0 Å². The third-order valence-corrected chi connectivity index (χ3v) is 15.6. The van der Waals surface area contributed by atoms with Gasteiger partial charge in [-0.3, -0.25) is 14.4 Å². The molecule has 0 aliphatic carbocycles. The van der Waals surface area contributed by atoms with E-state index in [2.05, 4.69) is 118 Å². The van der Waals surface area contributed by atoms with Crippen LogP contribution in [0, 0.1) is 0 Å². The minimum Gasteiger partial charge on any atom is -0.462 e. The average Bonchev–Trinajstić information content (AvgIpc) is 3.49. The summed E-state index contributed by atoms with van der Waals surface area (Å²) in [6.07, 6.45) is 95.7. The van der Waals surface area contributed by atoms with E-state index < -0.39 is 6.10 Å². The van der Waals surface area contributed by atoms with Gasteiger partial charge in [0.1, 0.15) is 13.2 Å². The third kappa shape index (κ3) is 69.0. The molecule has 0 spiro atoms. The molecule has 478 valence electrons. The number of unbranched alkanes of at least 4 members (excludes halogenated alkanes) is 38. The fourth-order valence-electron chi connectivity index (χ4n) is 10.2. The first-order valence-electron chi connectivity index (χ1n) is 35.7. The van der Waals surface area contributed by atoms with Crippen molar-refractivity contribution in [3.63, 3.8) is 0 Å². The molecule has 0 amide bonds. The number of allylic oxidation sites excluding steroid dienone is 16. The summed E-state index contributed by atoms with van der Waals surface area (Å²) in [5, 5.41) is 0. The van der Waals surface area contributed by atoms with Gasteiger partial charge in [-0.25, -0.2) is 0 Å². The molecule has 6 heteroatoms. The lowest BCUT2D eigenvalue weighted by atomic mass is 10.0. The molecular formula is C77H134O6. The molecule has 0 aromatic carbocycles. The fourth-order valence-corrected chi connectivity index (χ4v) is 10.2. The van der Waals surface area contributed by atoms with E-state index in [-0.39, 0.29) is 31.1 Å². The van der Waals surface area contributed by atoms with E-state index in [0.29, 0.717) is 19.3 Å². The van der Waals surface area contributed by atoms with Crippen molar-refractivity contribution in [1.82, 2.24) is 0 Å². The van der Waals surface area contributed by atoms with Gasteiger partial charge in [-0.15, -0.1) is 0 Å². The van der Waals surface area contributed by atoms with Gasteiger partial charge in [0, 0.05) is 19.3 Å². The van der Waals surface area contributed by atoms with Crippen LogP contribution in [0.15, 0.2) is 97.2 Å². The quantitative estimate of drug-likeness (QED) is 0.0261. The molecule has 0 bridgehead atoms. The standard InChI is InChI=1S/C77H134O6/c1-4-7-10-13-16-19-22-25-28-30-32-33-34-35-36-37-38-39-40-41-42-43-45-46-49-52-55-58-61-64-67-70-76(79)82-73-74(72-81-75(78)69-66-63-60-57-54-51-48-27-24-21-18-15-12-9-6-3)83-77(80)71-68-65-62-59-56-53-50-47-44-31-29-26-23-20-17-14-11-8-5-2/h7,10,16-17,19-20,25-26,28-29,32-33,35-36,44,47,74H,4-6,8-9,11-15,18,21-24,27,30-31,34,37-43,45-46,48-73H2,1-3H3/b10-7-,19-16-,20-17-,28-25-,29-26-,33-32-,36-35-,47-44-. The maximum atomic E-state index is 12.9. The van der Waals surface area contributed by atoms with Gasteiger partial charge in [-0.2, -0.15) is 0 Å². The highest BCUT2D eigenvalue weighted by Gasteiger charge is 2.19. The van der Waals surface area contributed by atoms with Gasteiger partial charge in [0.25, 0.3) is 0 Å². The van der Waals surface area contributed by atoms with Crippen molar-refractivity contribution in [1.29, 1.82) is 0 Å². The zero-order valence-electron chi connectivity index (χ0n) is 54.9. The summed E-state index contributed by atoms with van der Waals surface area (Å²) in [7, 11) is 0. The molecule has 6 nitrogen and oxygen atoms in total. The lowest BCUT2D eigenvalue weighted by Crippen LogP contribution is -2.30. The van der Waals surface area contributed by atoms with Crippen molar-refractivity contribution >= 4 is 17.9 Å². The van der Waals surface area contributed by atoms with Crippen LogP contribution < -0.4 is 0 Å². The predicted molar refractivity (Wildman–Crippen MR) is 362 cm³/mol. The van der Waals surface area contributed by atoms with E-state index in [9.17, 15) is 14.4 Å². The SMILES string of the molecule is CC/C=C\C/C=C\C/C=C\C/C=C\C/C=C\CCCCCCCCCCCCCCCCCC(=O)OCC(COC(=O)CCCCCCCCCCCCCCCCC)OC(=O)CCCCCCCC/C=C\C/C=C\C/C=C\CCCCC. The Balaban J connectivity index is 4.26. The molecule has 0 fully saturated rings. The highest BCUT2D eigenvalue weighted by Crippen LogP contribution is 2.18. The van der Waals surface area contributed by atoms with Gasteiger partial charge in [-0.05, 0) is 103 Å². The van der Waals surface area contributed by atoms with Crippen molar-refractivity contribution in [3.8, 4) is 0 Å². The molecule has 1 unspecified atom stereocenters. The molecule has 0 aliphatic heterocycles. The average molecular weight is 1160 g/mol. The molecule has 0 aromatic heterocycles. The molecule has 0 radical (unpaired) electrons. The van der Waals surface area contributed by atoms with Crippen molar-refractivity contribution in [2.45, 2.75) is 361 Å². The first kappa shape index (κ1) is 79.3. The molecule has 83 heavy (non-hydrogen) atoms. The van der Waals surface area contributed by atoms with Gasteiger partial charge in [0.2, 0.25) is 0 Å². The Morgan fingerprint density at radius 2 is 0.470 bits per heavy atom. The van der Waals surface area contributed by atoms with Crippen LogP contribution in [0.2, 0.25) is 0 Å². The lowest BCUT2D eigenvalue weighted by Gasteiger charge is -2.18. The summed E-state index contributed by atoms with van der Waals surface area (Å²) in [5.41, 5.74) is 0. The third-order valence-electron chi connectivity index (χ3n) is 15.6. The molecule has 1 atom stereocenters. The number of hydrogen-bond acceptors (Lipinski definition) is 6. The Morgan fingerprint density at radius 3 is 0.759 bits per heavy atom. The molecular weight excluding hydrogens is 1020 g/mol. The topological polar surface area (TPSA) is 78.9 Å². The van der Waals surface area contributed by atoms with Crippen molar-refractivity contribution in [3.05, 3.63) is 97.2 Å². The Hall–Kier alpha value is -3.67. The molecule has 0 saturated heterocycles. The highest BCUT2D eigenvalue weighted by molar-refractivity contribution is 5.71. The second kappa shape index (κ2) is 70.8. The van der Waals surface area contributed by atoms with E-state index in [0.717, 1.165) is 116 Å². The number of carbonyl (C=O) groups is 3. The Bertz CT molecular complexity index is 1610. The minimum absolute atomic E-state index is 0.0780. The zero-order valence-corrected chi connectivity index (χ0v) is 54.9. The number of hydrogen-bond donors (Lipinski definition) is 0. The monoisotopic (exact) mass is 1160 g/mol.